The molecule has 1 nitrogen and oxygen atoms in total. The van der Waals surface area contributed by atoms with E-state index in [-0.39, 0.29) is 10.8 Å². The van der Waals surface area contributed by atoms with Gasteiger partial charge in [-0.2, -0.15) is 0 Å². The van der Waals surface area contributed by atoms with Crippen LogP contribution in [0.25, 0.3) is 0 Å². The molecule has 0 aliphatic heterocycles. The fourth-order valence-corrected chi connectivity index (χ4v) is 2.77. The summed E-state index contributed by atoms with van der Waals surface area (Å²) in [5.41, 5.74) is 0.330. The molecule has 0 heterocycles. The van der Waals surface area contributed by atoms with Gasteiger partial charge in [-0.1, -0.05) is 53.7 Å². The first-order valence-electron chi connectivity index (χ1n) is 5.87. The molecule has 0 aliphatic carbocycles. The quantitative estimate of drug-likeness (QED) is 0.467. The van der Waals surface area contributed by atoms with Gasteiger partial charge in [-0.05, 0) is 10.8 Å². The minimum atomic E-state index is 0.165. The zero-order valence-corrected chi connectivity index (χ0v) is 13.6. The molecule has 0 saturated heterocycles. The molecule has 0 radical (unpaired) electrons. The Labute approximate surface area is 116 Å². The minimum Gasteiger partial charge on any atom is -0.246 e. The van der Waals surface area contributed by atoms with Crippen LogP contribution in [0.5, 0.6) is 0 Å². The van der Waals surface area contributed by atoms with E-state index in [9.17, 15) is 0 Å². The molecule has 0 aromatic rings. The summed E-state index contributed by atoms with van der Waals surface area (Å²) in [6.07, 6.45) is 3.90. The Morgan fingerprint density at radius 2 is 1.12 bits per heavy atom. The van der Waals surface area contributed by atoms with E-state index in [4.69, 9.17) is 3.63 Å². The molecule has 0 saturated carbocycles. The predicted molar refractivity (Wildman–Crippen MR) is 83.1 cm³/mol. The van der Waals surface area contributed by atoms with Crippen molar-refractivity contribution in [1.82, 2.24) is 0 Å². The van der Waals surface area contributed by atoms with E-state index >= 15 is 0 Å². The maximum absolute atomic E-state index is 5.68. The van der Waals surface area contributed by atoms with Gasteiger partial charge in [-0.3, -0.25) is 0 Å². The highest BCUT2D eigenvalue weighted by Crippen LogP contribution is 2.38. The first-order valence-corrected chi connectivity index (χ1v) is 7.47. The van der Waals surface area contributed by atoms with E-state index in [0.717, 1.165) is 0 Å². The van der Waals surface area contributed by atoms with E-state index in [2.05, 4.69) is 54.7 Å². The monoisotopic (exact) mass is 274 g/mol. The molecule has 17 heavy (non-hydrogen) atoms. The molecular weight excluding hydrogens is 248 g/mol. The lowest BCUT2D eigenvalue weighted by Gasteiger charge is -2.29. The molecule has 0 rings (SSSR count). The van der Waals surface area contributed by atoms with Crippen molar-refractivity contribution >= 4 is 24.1 Å². The third-order valence-electron chi connectivity index (χ3n) is 2.42. The van der Waals surface area contributed by atoms with Gasteiger partial charge in [0, 0.05) is 24.1 Å². The molecule has 0 bridgehead atoms. The second-order valence-corrected chi connectivity index (χ2v) is 8.25. The Morgan fingerprint density at radius 3 is 1.29 bits per heavy atom. The average Bonchev–Trinajstić information content (AvgIpc) is 2.13. The fourth-order valence-electron chi connectivity index (χ4n) is 1.18. The van der Waals surface area contributed by atoms with E-state index in [1.54, 1.807) is 0 Å². The summed E-state index contributed by atoms with van der Waals surface area (Å²) in [5, 5.41) is 0.584. The third kappa shape index (κ3) is 6.58. The standard InChI is InChI=1S/C14H26OS2/c1-9-11(13(3,4)5)16-15-17-12(10-2)14(6,7)8/h9-12H,1-2H2,3-8H3. The molecule has 0 aromatic heterocycles. The van der Waals surface area contributed by atoms with Gasteiger partial charge in [0.05, 0.1) is 10.5 Å². The van der Waals surface area contributed by atoms with Crippen LogP contribution in [0.4, 0.5) is 0 Å². The Kier molecular flexibility index (Phi) is 6.97. The highest BCUT2D eigenvalue weighted by Gasteiger charge is 2.26. The van der Waals surface area contributed by atoms with E-state index in [1.165, 1.54) is 24.1 Å². The van der Waals surface area contributed by atoms with Crippen molar-refractivity contribution in [3.8, 4) is 0 Å². The van der Waals surface area contributed by atoms with Gasteiger partial charge >= 0.3 is 0 Å². The molecule has 0 amide bonds. The maximum Gasteiger partial charge on any atom is 0.0549 e. The van der Waals surface area contributed by atoms with Crippen LogP contribution in [-0.2, 0) is 3.63 Å². The van der Waals surface area contributed by atoms with Gasteiger partial charge in [0.25, 0.3) is 0 Å². The van der Waals surface area contributed by atoms with Crippen LogP contribution in [0.2, 0.25) is 0 Å². The zero-order chi connectivity index (χ0) is 13.7. The lowest BCUT2D eigenvalue weighted by molar-refractivity contribution is 0.419. The summed E-state index contributed by atoms with van der Waals surface area (Å²) < 4.78 is 5.68. The van der Waals surface area contributed by atoms with E-state index in [0.29, 0.717) is 10.5 Å². The lowest BCUT2D eigenvalue weighted by atomic mass is 9.92. The highest BCUT2D eigenvalue weighted by atomic mass is 32.2. The molecule has 100 valence electrons. The first-order chi connectivity index (χ1) is 7.62. The Bertz CT molecular complexity index is 222. The van der Waals surface area contributed by atoms with Crippen molar-refractivity contribution in [3.05, 3.63) is 25.3 Å². The molecule has 2 unspecified atom stereocenters. The molecule has 2 atom stereocenters. The second kappa shape index (κ2) is 6.91. The number of hydrogen-bond acceptors (Lipinski definition) is 3. The molecule has 0 fully saturated rings. The minimum absolute atomic E-state index is 0.165. The van der Waals surface area contributed by atoms with Crippen LogP contribution in [0.1, 0.15) is 41.5 Å². The first kappa shape index (κ1) is 17.1. The van der Waals surface area contributed by atoms with Gasteiger partial charge in [-0.15, -0.1) is 13.2 Å². The highest BCUT2D eigenvalue weighted by molar-refractivity contribution is 8.08. The zero-order valence-electron chi connectivity index (χ0n) is 11.9. The molecular formula is C14H26OS2. The Morgan fingerprint density at radius 1 is 0.824 bits per heavy atom. The Balaban J connectivity index is 4.22. The smallest absolute Gasteiger partial charge is 0.0549 e. The van der Waals surface area contributed by atoms with Crippen LogP contribution >= 0.6 is 24.1 Å². The van der Waals surface area contributed by atoms with Crippen molar-refractivity contribution in [2.75, 3.05) is 0 Å². The van der Waals surface area contributed by atoms with Gasteiger partial charge in [-0.25, -0.2) is 3.63 Å². The summed E-state index contributed by atoms with van der Waals surface area (Å²) in [7, 11) is 0. The molecule has 0 spiro atoms. The summed E-state index contributed by atoms with van der Waals surface area (Å²) in [6, 6.07) is 0. The summed E-state index contributed by atoms with van der Waals surface area (Å²) in [4.78, 5) is 0. The summed E-state index contributed by atoms with van der Waals surface area (Å²) in [6.45, 7) is 20.9. The van der Waals surface area contributed by atoms with Crippen LogP contribution in [-0.4, -0.2) is 10.5 Å². The SMILES string of the molecule is C=CC(SOSC(C=C)C(C)(C)C)C(C)(C)C. The van der Waals surface area contributed by atoms with Crippen LogP contribution in [0.15, 0.2) is 25.3 Å². The molecule has 3 heteroatoms. The summed E-state index contributed by atoms with van der Waals surface area (Å²) >= 11 is 2.97. The van der Waals surface area contributed by atoms with Crippen LogP contribution in [0.3, 0.4) is 0 Å². The van der Waals surface area contributed by atoms with Crippen LogP contribution < -0.4 is 0 Å². The van der Waals surface area contributed by atoms with Crippen molar-refractivity contribution in [2.24, 2.45) is 10.8 Å². The molecule has 0 N–H and O–H groups in total. The lowest BCUT2D eigenvalue weighted by Crippen LogP contribution is -2.22. The summed E-state index contributed by atoms with van der Waals surface area (Å²) in [5.74, 6) is 0. The fraction of sp³-hybridized carbons (Fsp3) is 0.714. The van der Waals surface area contributed by atoms with Crippen molar-refractivity contribution in [3.63, 3.8) is 0 Å². The topological polar surface area (TPSA) is 9.23 Å². The van der Waals surface area contributed by atoms with E-state index in [1.807, 2.05) is 12.2 Å². The number of rotatable bonds is 6. The second-order valence-electron chi connectivity index (χ2n) is 6.31. The van der Waals surface area contributed by atoms with Crippen molar-refractivity contribution in [1.29, 1.82) is 0 Å². The largest absolute Gasteiger partial charge is 0.246 e. The van der Waals surface area contributed by atoms with E-state index < -0.39 is 0 Å². The van der Waals surface area contributed by atoms with Gasteiger partial charge < -0.3 is 0 Å². The van der Waals surface area contributed by atoms with Crippen molar-refractivity contribution < 1.29 is 3.63 Å². The van der Waals surface area contributed by atoms with Crippen LogP contribution in [0, 0.1) is 10.8 Å². The van der Waals surface area contributed by atoms with Gasteiger partial charge in [0.1, 0.15) is 0 Å². The molecule has 0 aliphatic rings. The average molecular weight is 274 g/mol. The van der Waals surface area contributed by atoms with Gasteiger partial charge in [0.15, 0.2) is 0 Å². The Hall–Kier alpha value is 0.140. The normalized spacial score (nSPS) is 16.4. The number of hydrogen-bond donors (Lipinski definition) is 0. The third-order valence-corrected chi connectivity index (χ3v) is 5.26. The van der Waals surface area contributed by atoms with Crippen molar-refractivity contribution in [2.45, 2.75) is 52.0 Å². The maximum atomic E-state index is 5.68. The predicted octanol–water partition coefficient (Wildman–Crippen LogP) is 5.50. The van der Waals surface area contributed by atoms with Gasteiger partial charge in [0.2, 0.25) is 0 Å². The molecule has 0 aromatic carbocycles.